The zero-order valence-electron chi connectivity index (χ0n) is 14.2. The van der Waals surface area contributed by atoms with E-state index in [0.717, 1.165) is 0 Å². The zero-order valence-corrected chi connectivity index (χ0v) is 14.2. The molecule has 0 aliphatic carbocycles. The van der Waals surface area contributed by atoms with Crippen LogP contribution < -0.4 is 19.7 Å². The van der Waals surface area contributed by atoms with E-state index in [1.54, 1.807) is 37.3 Å². The van der Waals surface area contributed by atoms with Crippen molar-refractivity contribution in [2.75, 3.05) is 31.0 Å². The molecule has 6 nitrogen and oxygen atoms in total. The Morgan fingerprint density at radius 2 is 1.68 bits per heavy atom. The van der Waals surface area contributed by atoms with Gasteiger partial charge in [0.2, 0.25) is 11.8 Å². The number of nitrogens with zero attached hydrogens (tertiary/aromatic N) is 1. The molecule has 1 fully saturated rings. The lowest BCUT2D eigenvalue weighted by atomic mass is 10.1. The molecule has 0 aromatic heterocycles. The van der Waals surface area contributed by atoms with Gasteiger partial charge in [0.15, 0.2) is 0 Å². The normalized spacial score (nSPS) is 16.6. The number of ether oxygens (including phenoxy) is 2. The van der Waals surface area contributed by atoms with Gasteiger partial charge in [0.1, 0.15) is 11.5 Å². The molecule has 3 rings (SSSR count). The number of carbonyl (C=O) groups excluding carboxylic acids is 2. The summed E-state index contributed by atoms with van der Waals surface area (Å²) in [6.45, 7) is 0.320. The van der Waals surface area contributed by atoms with Crippen LogP contribution in [-0.2, 0) is 9.59 Å². The fraction of sp³-hybridized carbons (Fsp3) is 0.263. The van der Waals surface area contributed by atoms with Crippen LogP contribution in [0.25, 0.3) is 0 Å². The molecule has 2 aromatic rings. The number of hydrogen-bond acceptors (Lipinski definition) is 4. The molecule has 25 heavy (non-hydrogen) atoms. The van der Waals surface area contributed by atoms with Crippen molar-refractivity contribution in [3.63, 3.8) is 0 Å². The number of para-hydroxylation sites is 4. The minimum absolute atomic E-state index is 0.0929. The topological polar surface area (TPSA) is 67.9 Å². The maximum absolute atomic E-state index is 12.6. The maximum atomic E-state index is 12.6. The van der Waals surface area contributed by atoms with Gasteiger partial charge >= 0.3 is 0 Å². The summed E-state index contributed by atoms with van der Waals surface area (Å²) in [6.07, 6.45) is 0.166. The molecular weight excluding hydrogens is 320 g/mol. The lowest BCUT2D eigenvalue weighted by Gasteiger charge is -2.19. The summed E-state index contributed by atoms with van der Waals surface area (Å²) < 4.78 is 10.6. The fourth-order valence-electron chi connectivity index (χ4n) is 2.95. The third kappa shape index (κ3) is 3.42. The van der Waals surface area contributed by atoms with Crippen LogP contribution in [0, 0.1) is 5.92 Å². The molecule has 6 heteroatoms. The first-order valence-electron chi connectivity index (χ1n) is 8.01. The van der Waals surface area contributed by atoms with Crippen LogP contribution in [-0.4, -0.2) is 32.6 Å². The summed E-state index contributed by atoms with van der Waals surface area (Å²) in [4.78, 5) is 26.6. The van der Waals surface area contributed by atoms with Crippen molar-refractivity contribution in [1.82, 2.24) is 0 Å². The first-order chi connectivity index (χ1) is 12.1. The summed E-state index contributed by atoms with van der Waals surface area (Å²) in [7, 11) is 3.11. The molecule has 0 saturated carbocycles. The summed E-state index contributed by atoms with van der Waals surface area (Å²) in [5.74, 6) is 0.477. The SMILES string of the molecule is COc1ccccc1NC(=O)[C@@H]1CC(=O)N(c2ccccc2OC)C1. The van der Waals surface area contributed by atoms with Gasteiger partial charge in [-0.3, -0.25) is 9.59 Å². The molecule has 1 saturated heterocycles. The van der Waals surface area contributed by atoms with E-state index < -0.39 is 5.92 Å². The number of nitrogens with one attached hydrogen (secondary N) is 1. The average Bonchev–Trinajstić information content (AvgIpc) is 3.03. The highest BCUT2D eigenvalue weighted by Gasteiger charge is 2.36. The molecule has 1 N–H and O–H groups in total. The highest BCUT2D eigenvalue weighted by molar-refractivity contribution is 6.04. The van der Waals surface area contributed by atoms with Crippen LogP contribution in [0.4, 0.5) is 11.4 Å². The van der Waals surface area contributed by atoms with Crippen molar-refractivity contribution < 1.29 is 19.1 Å². The molecule has 1 aliphatic heterocycles. The van der Waals surface area contributed by atoms with E-state index in [4.69, 9.17) is 9.47 Å². The smallest absolute Gasteiger partial charge is 0.229 e. The number of anilines is 2. The highest BCUT2D eigenvalue weighted by atomic mass is 16.5. The van der Waals surface area contributed by atoms with Crippen LogP contribution in [0.2, 0.25) is 0 Å². The molecule has 2 aromatic carbocycles. The van der Waals surface area contributed by atoms with Crippen molar-refractivity contribution in [3.05, 3.63) is 48.5 Å². The maximum Gasteiger partial charge on any atom is 0.229 e. The van der Waals surface area contributed by atoms with E-state index in [1.807, 2.05) is 30.3 Å². The number of methoxy groups -OCH3 is 2. The van der Waals surface area contributed by atoms with E-state index in [2.05, 4.69) is 5.32 Å². The molecule has 0 bridgehead atoms. The van der Waals surface area contributed by atoms with Gasteiger partial charge in [-0.25, -0.2) is 0 Å². The second-order valence-corrected chi connectivity index (χ2v) is 5.77. The molecule has 1 aliphatic rings. The third-order valence-corrected chi connectivity index (χ3v) is 4.24. The van der Waals surface area contributed by atoms with Crippen molar-refractivity contribution >= 4 is 23.2 Å². The zero-order chi connectivity index (χ0) is 17.8. The summed E-state index contributed by atoms with van der Waals surface area (Å²) in [5, 5.41) is 2.85. The Morgan fingerprint density at radius 3 is 2.40 bits per heavy atom. The monoisotopic (exact) mass is 340 g/mol. The van der Waals surface area contributed by atoms with Gasteiger partial charge < -0.3 is 19.7 Å². The molecule has 0 radical (unpaired) electrons. The van der Waals surface area contributed by atoms with Crippen LogP contribution in [0.3, 0.4) is 0 Å². The predicted molar refractivity (Wildman–Crippen MR) is 95.1 cm³/mol. The van der Waals surface area contributed by atoms with E-state index in [-0.39, 0.29) is 18.2 Å². The minimum atomic E-state index is -0.428. The van der Waals surface area contributed by atoms with E-state index in [9.17, 15) is 9.59 Å². The van der Waals surface area contributed by atoms with Crippen LogP contribution >= 0.6 is 0 Å². The van der Waals surface area contributed by atoms with Crippen LogP contribution in [0.15, 0.2) is 48.5 Å². The molecule has 1 heterocycles. The van der Waals surface area contributed by atoms with Crippen LogP contribution in [0.5, 0.6) is 11.5 Å². The minimum Gasteiger partial charge on any atom is -0.495 e. The standard InChI is InChI=1S/C19H20N2O4/c1-24-16-9-5-3-7-14(16)20-19(23)13-11-18(22)21(12-13)15-8-4-6-10-17(15)25-2/h3-10,13H,11-12H2,1-2H3,(H,20,23)/t13-/m1/s1. The summed E-state index contributed by atoms with van der Waals surface area (Å²) >= 11 is 0. The second kappa shape index (κ2) is 7.25. The van der Waals surface area contributed by atoms with Gasteiger partial charge in [-0.2, -0.15) is 0 Å². The molecule has 0 spiro atoms. The van der Waals surface area contributed by atoms with Crippen LogP contribution in [0.1, 0.15) is 6.42 Å². The van der Waals surface area contributed by atoms with Gasteiger partial charge in [-0.05, 0) is 24.3 Å². The summed E-state index contributed by atoms with van der Waals surface area (Å²) in [6, 6.07) is 14.5. The Morgan fingerprint density at radius 1 is 1.04 bits per heavy atom. The summed E-state index contributed by atoms with van der Waals surface area (Å²) in [5.41, 5.74) is 1.28. The van der Waals surface area contributed by atoms with E-state index in [0.29, 0.717) is 29.4 Å². The predicted octanol–water partition coefficient (Wildman–Crippen LogP) is 2.70. The van der Waals surface area contributed by atoms with Gasteiger partial charge in [-0.1, -0.05) is 24.3 Å². The van der Waals surface area contributed by atoms with E-state index >= 15 is 0 Å². The lowest BCUT2D eigenvalue weighted by molar-refractivity contribution is -0.122. The van der Waals surface area contributed by atoms with Crippen molar-refractivity contribution in [2.45, 2.75) is 6.42 Å². The lowest BCUT2D eigenvalue weighted by Crippen LogP contribution is -2.28. The Labute approximate surface area is 146 Å². The fourth-order valence-corrected chi connectivity index (χ4v) is 2.95. The Bertz CT molecular complexity index is 790. The van der Waals surface area contributed by atoms with Gasteiger partial charge in [0.25, 0.3) is 0 Å². The first-order valence-corrected chi connectivity index (χ1v) is 8.01. The number of rotatable bonds is 5. The third-order valence-electron chi connectivity index (χ3n) is 4.24. The quantitative estimate of drug-likeness (QED) is 0.909. The van der Waals surface area contributed by atoms with Crippen molar-refractivity contribution in [2.24, 2.45) is 5.92 Å². The second-order valence-electron chi connectivity index (χ2n) is 5.77. The number of hydrogen-bond donors (Lipinski definition) is 1. The number of amides is 2. The molecule has 130 valence electrons. The highest BCUT2D eigenvalue weighted by Crippen LogP contribution is 2.33. The molecule has 0 unspecified atom stereocenters. The average molecular weight is 340 g/mol. The van der Waals surface area contributed by atoms with Gasteiger partial charge in [0, 0.05) is 13.0 Å². The largest absolute Gasteiger partial charge is 0.495 e. The molecule has 1 atom stereocenters. The van der Waals surface area contributed by atoms with Gasteiger partial charge in [-0.15, -0.1) is 0 Å². The first kappa shape index (κ1) is 16.8. The molecular formula is C19H20N2O4. The Hall–Kier alpha value is -3.02. The van der Waals surface area contributed by atoms with E-state index in [1.165, 1.54) is 0 Å². The van der Waals surface area contributed by atoms with Crippen molar-refractivity contribution in [1.29, 1.82) is 0 Å². The Balaban J connectivity index is 1.75. The number of benzene rings is 2. The van der Waals surface area contributed by atoms with Crippen molar-refractivity contribution in [3.8, 4) is 11.5 Å². The van der Waals surface area contributed by atoms with Gasteiger partial charge in [0.05, 0.1) is 31.5 Å². The Kier molecular flexibility index (Phi) is 4.88. The molecule has 2 amide bonds. The number of carbonyl (C=O) groups is 2.